The Labute approximate surface area is 145 Å². The zero-order valence-corrected chi connectivity index (χ0v) is 15.3. The minimum Gasteiger partial charge on any atom is -0.351 e. The maximum absolute atomic E-state index is 13.0. The lowest BCUT2D eigenvalue weighted by Crippen LogP contribution is -2.30. The zero-order valence-electron chi connectivity index (χ0n) is 13.7. The van der Waals surface area contributed by atoms with E-state index in [0.717, 1.165) is 22.8 Å². The minimum atomic E-state index is -3.64. The number of aromatic amines is 1. The van der Waals surface area contributed by atoms with Crippen LogP contribution in [0, 0.1) is 13.8 Å². The van der Waals surface area contributed by atoms with Crippen LogP contribution >= 0.6 is 11.3 Å². The number of anilines is 1. The summed E-state index contributed by atoms with van der Waals surface area (Å²) in [5.74, 6) is 0. The molecule has 0 aliphatic rings. The third-order valence-corrected chi connectivity index (χ3v) is 7.43. The van der Waals surface area contributed by atoms with E-state index in [0.29, 0.717) is 27.7 Å². The van der Waals surface area contributed by atoms with Crippen LogP contribution < -0.4 is 4.31 Å². The average molecular weight is 362 g/mol. The van der Waals surface area contributed by atoms with Crippen molar-refractivity contribution in [2.75, 3.05) is 10.8 Å². The van der Waals surface area contributed by atoms with Crippen molar-refractivity contribution in [1.82, 2.24) is 4.98 Å². The first-order chi connectivity index (χ1) is 11.4. The molecule has 0 saturated heterocycles. The first-order valence-corrected chi connectivity index (χ1v) is 9.86. The van der Waals surface area contributed by atoms with E-state index in [1.54, 1.807) is 30.5 Å². The highest BCUT2D eigenvalue weighted by atomic mass is 32.2. The topological polar surface area (TPSA) is 70.2 Å². The number of hydrogen-bond acceptors (Lipinski definition) is 4. The maximum Gasteiger partial charge on any atom is 0.273 e. The quantitative estimate of drug-likeness (QED) is 0.700. The molecule has 0 unspecified atom stereocenters. The average Bonchev–Trinajstić information content (AvgIpc) is 3.22. The number of fused-ring (bicyclic) bond motifs is 1. The third-order valence-electron chi connectivity index (χ3n) is 4.17. The molecule has 2 heterocycles. The predicted molar refractivity (Wildman–Crippen MR) is 97.7 cm³/mol. The van der Waals surface area contributed by atoms with E-state index in [1.165, 1.54) is 15.6 Å². The Kier molecular flexibility index (Phi) is 4.23. The second-order valence-electron chi connectivity index (χ2n) is 5.57. The van der Waals surface area contributed by atoms with Gasteiger partial charge in [0.1, 0.15) is 4.21 Å². The van der Waals surface area contributed by atoms with Crippen molar-refractivity contribution in [3.8, 4) is 0 Å². The second-order valence-corrected chi connectivity index (χ2v) is 8.61. The van der Waals surface area contributed by atoms with Gasteiger partial charge in [-0.2, -0.15) is 0 Å². The molecule has 7 heteroatoms. The van der Waals surface area contributed by atoms with Crippen molar-refractivity contribution in [3.63, 3.8) is 0 Å². The van der Waals surface area contributed by atoms with Gasteiger partial charge in [-0.3, -0.25) is 9.10 Å². The largest absolute Gasteiger partial charge is 0.351 e. The fourth-order valence-electron chi connectivity index (χ4n) is 2.82. The number of aromatic nitrogens is 1. The van der Waals surface area contributed by atoms with Gasteiger partial charge < -0.3 is 4.98 Å². The lowest BCUT2D eigenvalue weighted by Gasteiger charge is -2.24. The lowest BCUT2D eigenvalue weighted by atomic mass is 10.0. The van der Waals surface area contributed by atoms with Gasteiger partial charge >= 0.3 is 0 Å². The van der Waals surface area contributed by atoms with Crippen molar-refractivity contribution in [3.05, 3.63) is 46.5 Å². The zero-order chi connectivity index (χ0) is 17.5. The summed E-state index contributed by atoms with van der Waals surface area (Å²) >= 11 is 1.19. The molecular formula is C17H18N2O3S2. The van der Waals surface area contributed by atoms with Gasteiger partial charge in [0.05, 0.1) is 16.9 Å². The van der Waals surface area contributed by atoms with Crippen LogP contribution in [0.4, 0.5) is 5.69 Å². The maximum atomic E-state index is 13.0. The number of nitrogens with zero attached hydrogens (tertiary/aromatic N) is 1. The van der Waals surface area contributed by atoms with Gasteiger partial charge in [-0.15, -0.1) is 11.3 Å². The van der Waals surface area contributed by atoms with Crippen LogP contribution in [0.2, 0.25) is 0 Å². The summed E-state index contributed by atoms with van der Waals surface area (Å²) in [4.78, 5) is 14.2. The summed E-state index contributed by atoms with van der Waals surface area (Å²) in [7, 11) is -3.64. The molecule has 5 nitrogen and oxygen atoms in total. The van der Waals surface area contributed by atoms with Crippen LogP contribution in [0.1, 0.15) is 28.5 Å². The predicted octanol–water partition coefficient (Wildman–Crippen LogP) is 3.87. The molecule has 1 N–H and O–H groups in total. The number of hydrogen-bond donors (Lipinski definition) is 1. The number of thiophene rings is 1. The van der Waals surface area contributed by atoms with E-state index < -0.39 is 10.0 Å². The molecule has 0 bridgehead atoms. The normalized spacial score (nSPS) is 11.8. The number of aryl methyl sites for hydroxylation is 2. The van der Waals surface area contributed by atoms with Gasteiger partial charge in [0.15, 0.2) is 6.29 Å². The van der Waals surface area contributed by atoms with Crippen LogP contribution in [0.15, 0.2) is 33.9 Å². The van der Waals surface area contributed by atoms with E-state index in [1.807, 2.05) is 19.9 Å². The number of H-pyrrole nitrogens is 1. The fraction of sp³-hybridized carbons (Fsp3) is 0.235. The standard InChI is InChI=1S/C17H18N2O3S2/c1-4-19(24(21,22)16-6-5-7-23-16)15-8-11(2)12(3)14-9-13(10-20)18-17(14)15/h5-10,18H,4H2,1-3H3. The van der Waals surface area contributed by atoms with E-state index in [2.05, 4.69) is 4.98 Å². The molecule has 0 saturated carbocycles. The molecule has 0 aliphatic carbocycles. The number of nitrogens with one attached hydrogen (secondary N) is 1. The molecule has 24 heavy (non-hydrogen) atoms. The van der Waals surface area contributed by atoms with Gasteiger partial charge in [-0.1, -0.05) is 6.07 Å². The summed E-state index contributed by atoms with van der Waals surface area (Å²) in [6.07, 6.45) is 0.739. The second kappa shape index (κ2) is 6.07. The lowest BCUT2D eigenvalue weighted by molar-refractivity contribution is 0.112. The Morgan fingerprint density at radius 3 is 2.62 bits per heavy atom. The minimum absolute atomic E-state index is 0.299. The summed E-state index contributed by atoms with van der Waals surface area (Å²) in [6, 6.07) is 6.95. The van der Waals surface area contributed by atoms with E-state index in [-0.39, 0.29) is 0 Å². The number of aldehydes is 1. The Morgan fingerprint density at radius 1 is 1.29 bits per heavy atom. The summed E-state index contributed by atoms with van der Waals surface area (Å²) in [6.45, 7) is 6.01. The van der Waals surface area contributed by atoms with Crippen LogP contribution in [-0.2, 0) is 10.0 Å². The highest BCUT2D eigenvalue weighted by Crippen LogP contribution is 2.35. The molecule has 0 atom stereocenters. The molecule has 0 fully saturated rings. The molecule has 0 aliphatic heterocycles. The Bertz CT molecular complexity index is 1000. The summed E-state index contributed by atoms with van der Waals surface area (Å²) < 4.78 is 27.7. The molecule has 2 aromatic heterocycles. The Balaban J connectivity index is 2.29. The fourth-order valence-corrected chi connectivity index (χ4v) is 5.40. The number of carbonyl (C=O) groups is 1. The first-order valence-electron chi connectivity index (χ1n) is 7.54. The Morgan fingerprint density at radius 2 is 2.04 bits per heavy atom. The Hall–Kier alpha value is -2.12. The molecular weight excluding hydrogens is 344 g/mol. The van der Waals surface area contributed by atoms with E-state index in [4.69, 9.17) is 0 Å². The van der Waals surface area contributed by atoms with Gasteiger partial charge in [0.2, 0.25) is 0 Å². The van der Waals surface area contributed by atoms with Crippen molar-refractivity contribution < 1.29 is 13.2 Å². The van der Waals surface area contributed by atoms with Gasteiger partial charge in [0.25, 0.3) is 10.0 Å². The van der Waals surface area contributed by atoms with Crippen LogP contribution in [0.25, 0.3) is 10.9 Å². The molecule has 3 aromatic rings. The van der Waals surface area contributed by atoms with Crippen molar-refractivity contribution >= 4 is 44.2 Å². The molecule has 0 spiro atoms. The molecule has 0 radical (unpaired) electrons. The molecule has 0 amide bonds. The van der Waals surface area contributed by atoms with E-state index >= 15 is 0 Å². The number of sulfonamides is 1. The first kappa shape index (κ1) is 16.7. The van der Waals surface area contributed by atoms with Crippen molar-refractivity contribution in [2.45, 2.75) is 25.0 Å². The van der Waals surface area contributed by atoms with Gasteiger partial charge in [-0.25, -0.2) is 8.42 Å². The number of carbonyl (C=O) groups excluding carboxylic acids is 1. The summed E-state index contributed by atoms with van der Waals surface area (Å²) in [5.41, 5.74) is 3.68. The highest BCUT2D eigenvalue weighted by molar-refractivity contribution is 7.94. The number of rotatable bonds is 5. The third kappa shape index (κ3) is 2.53. The van der Waals surface area contributed by atoms with Crippen LogP contribution in [0.5, 0.6) is 0 Å². The van der Waals surface area contributed by atoms with Gasteiger partial charge in [0, 0.05) is 11.9 Å². The molecule has 1 aromatic carbocycles. The number of benzene rings is 1. The smallest absolute Gasteiger partial charge is 0.273 e. The monoisotopic (exact) mass is 362 g/mol. The van der Waals surface area contributed by atoms with Gasteiger partial charge in [-0.05, 0) is 55.5 Å². The van der Waals surface area contributed by atoms with Crippen molar-refractivity contribution in [2.24, 2.45) is 0 Å². The van der Waals surface area contributed by atoms with Crippen LogP contribution in [-0.4, -0.2) is 26.2 Å². The molecule has 126 valence electrons. The van der Waals surface area contributed by atoms with E-state index in [9.17, 15) is 13.2 Å². The van der Waals surface area contributed by atoms with Crippen LogP contribution in [0.3, 0.4) is 0 Å². The van der Waals surface area contributed by atoms with Crippen molar-refractivity contribution in [1.29, 1.82) is 0 Å². The summed E-state index contributed by atoms with van der Waals surface area (Å²) in [5, 5.41) is 2.61. The SMILES string of the molecule is CCN(c1cc(C)c(C)c2cc(C=O)[nH]c12)S(=O)(=O)c1cccs1. The highest BCUT2D eigenvalue weighted by Gasteiger charge is 2.27. The molecule has 3 rings (SSSR count).